The molecule has 12 nitrogen and oxygen atoms in total. The van der Waals surface area contributed by atoms with Gasteiger partial charge in [-0.3, -0.25) is 9.69 Å². The normalized spacial score (nSPS) is 14.9. The molecule has 3 heterocycles. The van der Waals surface area contributed by atoms with Crippen molar-refractivity contribution in [1.29, 1.82) is 0 Å². The average molecular weight is 454 g/mol. The maximum absolute atomic E-state index is 13.0. The number of nitrogen functional groups attached to an aromatic ring is 1. The molecule has 1 amide bonds. The Labute approximate surface area is 190 Å². The number of carbonyl (C=O) groups is 1. The second-order valence-corrected chi connectivity index (χ2v) is 7.63. The van der Waals surface area contributed by atoms with E-state index in [9.17, 15) is 4.79 Å². The Bertz CT molecular complexity index is 1100. The topological polar surface area (TPSA) is 150 Å². The van der Waals surface area contributed by atoms with Crippen molar-refractivity contribution < 1.29 is 14.2 Å². The zero-order valence-electron chi connectivity index (χ0n) is 18.5. The third-order valence-corrected chi connectivity index (χ3v) is 5.34. The first-order chi connectivity index (χ1) is 16.2. The lowest BCUT2D eigenvalue weighted by Crippen LogP contribution is -2.28. The highest BCUT2D eigenvalue weighted by atomic mass is 16.6. The number of anilines is 1. The molecule has 0 bridgehead atoms. The predicted octanol–water partition coefficient (Wildman–Crippen LogP) is 1.77. The predicted molar refractivity (Wildman–Crippen MR) is 120 cm³/mol. The van der Waals surface area contributed by atoms with Gasteiger partial charge in [-0.25, -0.2) is 10.1 Å². The van der Waals surface area contributed by atoms with Gasteiger partial charge in [0.1, 0.15) is 5.75 Å². The van der Waals surface area contributed by atoms with E-state index in [4.69, 9.17) is 15.1 Å². The van der Waals surface area contributed by atoms with Crippen molar-refractivity contribution in [3.8, 4) is 11.6 Å². The van der Waals surface area contributed by atoms with Crippen molar-refractivity contribution in [2.45, 2.75) is 39.2 Å². The maximum atomic E-state index is 13.0. The van der Waals surface area contributed by atoms with Crippen LogP contribution in [0, 0.1) is 0 Å². The van der Waals surface area contributed by atoms with Crippen molar-refractivity contribution in [1.82, 2.24) is 35.6 Å². The van der Waals surface area contributed by atoms with Crippen LogP contribution >= 0.6 is 0 Å². The number of amides is 1. The summed E-state index contributed by atoms with van der Waals surface area (Å²) in [6, 6.07) is 7.43. The third kappa shape index (κ3) is 5.34. The first-order valence-corrected chi connectivity index (χ1v) is 11.0. The van der Waals surface area contributed by atoms with Gasteiger partial charge in [0.15, 0.2) is 5.69 Å². The van der Waals surface area contributed by atoms with E-state index in [1.54, 1.807) is 0 Å². The molecular formula is C21H27N9O3. The fourth-order valence-electron chi connectivity index (χ4n) is 3.72. The highest BCUT2D eigenvalue weighted by Crippen LogP contribution is 2.20. The maximum Gasteiger partial charge on any atom is 0.293 e. The zero-order chi connectivity index (χ0) is 23.0. The van der Waals surface area contributed by atoms with Crippen molar-refractivity contribution in [2.24, 2.45) is 5.10 Å². The van der Waals surface area contributed by atoms with Crippen LogP contribution in [0.5, 0.6) is 5.75 Å². The van der Waals surface area contributed by atoms with Crippen LogP contribution in [0.4, 0.5) is 5.82 Å². The summed E-state index contributed by atoms with van der Waals surface area (Å²) in [5, 5.41) is 19.7. The molecule has 3 N–H and O–H groups in total. The Morgan fingerprint density at radius 2 is 2.03 bits per heavy atom. The minimum absolute atomic E-state index is 0.0644. The Morgan fingerprint density at radius 3 is 2.76 bits per heavy atom. The van der Waals surface area contributed by atoms with Gasteiger partial charge < -0.3 is 10.5 Å². The molecule has 4 rings (SSSR count). The van der Waals surface area contributed by atoms with Crippen LogP contribution in [-0.4, -0.2) is 62.0 Å². The number of hydrogen-bond acceptors (Lipinski definition) is 10. The van der Waals surface area contributed by atoms with Gasteiger partial charge in [-0.1, -0.05) is 30.2 Å². The minimum Gasteiger partial charge on any atom is -0.493 e. The van der Waals surface area contributed by atoms with Gasteiger partial charge >= 0.3 is 0 Å². The number of nitrogens with one attached hydrogen (secondary N) is 1. The lowest BCUT2D eigenvalue weighted by Gasteiger charge is -2.20. The summed E-state index contributed by atoms with van der Waals surface area (Å²) in [7, 11) is 0. The molecule has 2 aromatic heterocycles. The van der Waals surface area contributed by atoms with E-state index in [1.165, 1.54) is 23.7 Å². The molecule has 0 radical (unpaired) electrons. The van der Waals surface area contributed by atoms with E-state index < -0.39 is 5.91 Å². The van der Waals surface area contributed by atoms with E-state index in [0.717, 1.165) is 31.5 Å². The Hall–Kier alpha value is -3.80. The summed E-state index contributed by atoms with van der Waals surface area (Å²) < 4.78 is 11.7. The molecule has 12 heteroatoms. The molecule has 0 unspecified atom stereocenters. The standard InChI is InChI=1S/C21H27N9O3/c1-2-32-17-10-6-5-9-15(17)13-23-25-21(31)18-16(14-29-11-7-3-4-8-12-29)30(28-24-18)20-19(22)26-33-27-20/h5-6,9-10,13H,2-4,7-8,11-12,14H2,1H3,(H2,22,26)(H,25,31)/b23-13-. The summed E-state index contributed by atoms with van der Waals surface area (Å²) in [4.78, 5) is 15.2. The lowest BCUT2D eigenvalue weighted by molar-refractivity contribution is 0.0947. The number of hydrazone groups is 1. The summed E-state index contributed by atoms with van der Waals surface area (Å²) in [6.07, 6.45) is 6.11. The van der Waals surface area contributed by atoms with Crippen LogP contribution in [0.15, 0.2) is 34.0 Å². The molecule has 1 saturated heterocycles. The fraction of sp³-hybridized carbons (Fsp3) is 0.429. The molecule has 174 valence electrons. The number of hydrogen-bond donors (Lipinski definition) is 2. The van der Waals surface area contributed by atoms with Crippen LogP contribution in [0.1, 0.15) is 54.4 Å². The van der Waals surface area contributed by atoms with Gasteiger partial charge in [0.25, 0.3) is 5.91 Å². The molecule has 0 aliphatic carbocycles. The summed E-state index contributed by atoms with van der Waals surface area (Å²) in [5.74, 6) is 0.445. The second kappa shape index (κ2) is 10.7. The number of rotatable bonds is 8. The first kappa shape index (κ1) is 22.4. The Balaban J connectivity index is 1.56. The zero-order valence-corrected chi connectivity index (χ0v) is 18.5. The molecule has 1 fully saturated rings. The number of aromatic nitrogens is 5. The van der Waals surface area contributed by atoms with Gasteiger partial charge in [-0.05, 0) is 55.3 Å². The summed E-state index contributed by atoms with van der Waals surface area (Å²) in [6.45, 7) is 4.73. The number of carbonyl (C=O) groups excluding carboxylic acids is 1. The third-order valence-electron chi connectivity index (χ3n) is 5.34. The fourth-order valence-corrected chi connectivity index (χ4v) is 3.72. The van der Waals surface area contributed by atoms with Crippen molar-refractivity contribution >= 4 is 17.9 Å². The van der Waals surface area contributed by atoms with Crippen LogP contribution in [0.25, 0.3) is 5.82 Å². The van der Waals surface area contributed by atoms with Gasteiger partial charge in [-0.2, -0.15) is 9.78 Å². The van der Waals surface area contributed by atoms with E-state index in [2.05, 4.69) is 36.1 Å². The van der Waals surface area contributed by atoms with Crippen LogP contribution in [0.3, 0.4) is 0 Å². The van der Waals surface area contributed by atoms with Gasteiger partial charge in [0.05, 0.1) is 18.5 Å². The lowest BCUT2D eigenvalue weighted by atomic mass is 10.2. The molecule has 1 aliphatic rings. The van der Waals surface area contributed by atoms with Gasteiger partial charge in [0.2, 0.25) is 11.6 Å². The molecular weight excluding hydrogens is 426 g/mol. The Kier molecular flexibility index (Phi) is 7.25. The highest BCUT2D eigenvalue weighted by Gasteiger charge is 2.25. The minimum atomic E-state index is -0.494. The molecule has 0 atom stereocenters. The summed E-state index contributed by atoms with van der Waals surface area (Å²) >= 11 is 0. The second-order valence-electron chi connectivity index (χ2n) is 7.63. The van der Waals surface area contributed by atoms with Crippen molar-refractivity contribution in [2.75, 3.05) is 25.4 Å². The molecule has 1 aromatic carbocycles. The summed E-state index contributed by atoms with van der Waals surface area (Å²) in [5.41, 5.74) is 9.82. The first-order valence-electron chi connectivity index (χ1n) is 11.0. The number of likely N-dealkylation sites (tertiary alicyclic amines) is 1. The van der Waals surface area contributed by atoms with E-state index in [-0.39, 0.29) is 17.3 Å². The van der Waals surface area contributed by atoms with Crippen LogP contribution in [0.2, 0.25) is 0 Å². The number of para-hydroxylation sites is 1. The number of nitrogens with two attached hydrogens (primary N) is 1. The smallest absolute Gasteiger partial charge is 0.293 e. The molecule has 3 aromatic rings. The number of ether oxygens (including phenoxy) is 1. The molecule has 0 spiro atoms. The van der Waals surface area contributed by atoms with E-state index >= 15 is 0 Å². The van der Waals surface area contributed by atoms with E-state index in [0.29, 0.717) is 24.6 Å². The van der Waals surface area contributed by atoms with Gasteiger partial charge in [0, 0.05) is 12.1 Å². The quantitative estimate of drug-likeness (QED) is 0.384. The largest absolute Gasteiger partial charge is 0.493 e. The molecule has 0 saturated carbocycles. The molecule has 1 aliphatic heterocycles. The van der Waals surface area contributed by atoms with Crippen LogP contribution < -0.4 is 15.9 Å². The van der Waals surface area contributed by atoms with Crippen LogP contribution in [-0.2, 0) is 6.54 Å². The number of benzene rings is 1. The van der Waals surface area contributed by atoms with E-state index in [1.807, 2.05) is 31.2 Å². The monoisotopic (exact) mass is 453 g/mol. The molecule has 33 heavy (non-hydrogen) atoms. The Morgan fingerprint density at radius 1 is 1.24 bits per heavy atom. The van der Waals surface area contributed by atoms with Crippen molar-refractivity contribution in [3.63, 3.8) is 0 Å². The SMILES string of the molecule is CCOc1ccccc1/C=N\NC(=O)c1nnn(-c2nonc2N)c1CN1CCCCCC1. The average Bonchev–Trinajstić information content (AvgIpc) is 3.32. The number of nitrogens with zero attached hydrogens (tertiary/aromatic N) is 7. The van der Waals surface area contributed by atoms with Gasteiger partial charge in [-0.15, -0.1) is 5.10 Å². The highest BCUT2D eigenvalue weighted by molar-refractivity contribution is 5.94. The van der Waals surface area contributed by atoms with Crippen molar-refractivity contribution in [3.05, 3.63) is 41.2 Å².